The molecule has 2 N–H and O–H groups in total. The van der Waals surface area contributed by atoms with E-state index >= 15 is 0 Å². The highest BCUT2D eigenvalue weighted by Crippen LogP contribution is 2.35. The standard InChI is InChI=1S/C11H13N/c12-11-4-3-9-5-7-1-2-8(7)6-10(9)11/h5-6,11H,1-4,12H2. The van der Waals surface area contributed by atoms with Crippen molar-refractivity contribution in [3.05, 3.63) is 34.4 Å². The first-order valence-corrected chi connectivity index (χ1v) is 4.75. The van der Waals surface area contributed by atoms with Gasteiger partial charge in [-0.1, -0.05) is 12.1 Å². The largest absolute Gasteiger partial charge is 0.324 e. The van der Waals surface area contributed by atoms with Crippen molar-refractivity contribution in [1.29, 1.82) is 0 Å². The molecule has 0 fully saturated rings. The molecule has 3 rings (SSSR count). The molecule has 0 radical (unpaired) electrons. The summed E-state index contributed by atoms with van der Waals surface area (Å²) in [5.41, 5.74) is 12.0. The number of rotatable bonds is 0. The van der Waals surface area contributed by atoms with Gasteiger partial charge in [0.15, 0.2) is 0 Å². The van der Waals surface area contributed by atoms with Crippen LogP contribution in [-0.2, 0) is 19.3 Å². The van der Waals surface area contributed by atoms with Crippen molar-refractivity contribution in [2.24, 2.45) is 5.73 Å². The predicted octanol–water partition coefficient (Wildman–Crippen LogP) is 1.73. The fraction of sp³-hybridized carbons (Fsp3) is 0.455. The molecule has 0 aromatic heterocycles. The molecule has 12 heavy (non-hydrogen) atoms. The molecule has 0 spiro atoms. The zero-order valence-corrected chi connectivity index (χ0v) is 7.14. The molecule has 1 aromatic carbocycles. The zero-order chi connectivity index (χ0) is 8.13. The van der Waals surface area contributed by atoms with Crippen molar-refractivity contribution in [3.63, 3.8) is 0 Å². The summed E-state index contributed by atoms with van der Waals surface area (Å²) >= 11 is 0. The van der Waals surface area contributed by atoms with Crippen molar-refractivity contribution in [2.45, 2.75) is 31.7 Å². The number of benzene rings is 1. The Morgan fingerprint density at radius 1 is 1.00 bits per heavy atom. The van der Waals surface area contributed by atoms with Gasteiger partial charge in [-0.15, -0.1) is 0 Å². The van der Waals surface area contributed by atoms with E-state index in [1.165, 1.54) is 30.4 Å². The Labute approximate surface area is 72.6 Å². The Balaban J connectivity index is 2.19. The van der Waals surface area contributed by atoms with Crippen molar-refractivity contribution < 1.29 is 0 Å². The van der Waals surface area contributed by atoms with Gasteiger partial charge in [0.05, 0.1) is 0 Å². The number of fused-ring (bicyclic) bond motifs is 2. The van der Waals surface area contributed by atoms with Crippen LogP contribution in [0.25, 0.3) is 0 Å². The molecular formula is C11H13N. The van der Waals surface area contributed by atoms with E-state index in [1.807, 2.05) is 0 Å². The van der Waals surface area contributed by atoms with E-state index in [1.54, 1.807) is 11.1 Å². The highest BCUT2D eigenvalue weighted by molar-refractivity contribution is 5.46. The van der Waals surface area contributed by atoms with Crippen LogP contribution in [0.5, 0.6) is 0 Å². The second-order valence-electron chi connectivity index (χ2n) is 3.96. The van der Waals surface area contributed by atoms with E-state index in [0.717, 1.165) is 6.42 Å². The second kappa shape index (κ2) is 2.11. The monoisotopic (exact) mass is 159 g/mol. The molecule has 62 valence electrons. The second-order valence-corrected chi connectivity index (χ2v) is 3.96. The van der Waals surface area contributed by atoms with Gasteiger partial charge in [-0.2, -0.15) is 0 Å². The quantitative estimate of drug-likeness (QED) is 0.613. The van der Waals surface area contributed by atoms with Crippen LogP contribution in [0, 0.1) is 0 Å². The van der Waals surface area contributed by atoms with E-state index < -0.39 is 0 Å². The fourth-order valence-corrected chi connectivity index (χ4v) is 2.35. The Morgan fingerprint density at radius 3 is 2.50 bits per heavy atom. The maximum atomic E-state index is 5.99. The predicted molar refractivity (Wildman–Crippen MR) is 49.1 cm³/mol. The summed E-state index contributed by atoms with van der Waals surface area (Å²) in [7, 11) is 0. The van der Waals surface area contributed by atoms with E-state index in [9.17, 15) is 0 Å². The third kappa shape index (κ3) is 0.721. The molecule has 1 nitrogen and oxygen atoms in total. The summed E-state index contributed by atoms with van der Waals surface area (Å²) in [6.07, 6.45) is 4.91. The number of nitrogens with two attached hydrogens (primary N) is 1. The normalized spacial score (nSPS) is 24.6. The molecule has 2 aliphatic rings. The van der Waals surface area contributed by atoms with E-state index in [-0.39, 0.29) is 0 Å². The third-order valence-corrected chi connectivity index (χ3v) is 3.25. The van der Waals surface area contributed by atoms with Gasteiger partial charge in [-0.05, 0) is 47.9 Å². The van der Waals surface area contributed by atoms with Gasteiger partial charge in [0.1, 0.15) is 0 Å². The SMILES string of the molecule is NC1CCc2cc3c(cc21)CC3. The molecule has 2 aliphatic carbocycles. The molecule has 1 aromatic rings. The van der Waals surface area contributed by atoms with Crippen molar-refractivity contribution in [2.75, 3.05) is 0 Å². The maximum absolute atomic E-state index is 5.99. The summed E-state index contributed by atoms with van der Waals surface area (Å²) in [5.74, 6) is 0. The molecule has 0 saturated carbocycles. The molecule has 0 amide bonds. The van der Waals surface area contributed by atoms with Crippen LogP contribution in [0.4, 0.5) is 0 Å². The van der Waals surface area contributed by atoms with Gasteiger partial charge >= 0.3 is 0 Å². The fourth-order valence-electron chi connectivity index (χ4n) is 2.35. The van der Waals surface area contributed by atoms with Gasteiger partial charge in [0, 0.05) is 6.04 Å². The van der Waals surface area contributed by atoms with Gasteiger partial charge in [0.25, 0.3) is 0 Å². The van der Waals surface area contributed by atoms with Crippen molar-refractivity contribution in [3.8, 4) is 0 Å². The third-order valence-electron chi connectivity index (χ3n) is 3.25. The molecule has 1 atom stereocenters. The van der Waals surface area contributed by atoms with Gasteiger partial charge in [-0.3, -0.25) is 0 Å². The zero-order valence-electron chi connectivity index (χ0n) is 7.14. The van der Waals surface area contributed by atoms with E-state index in [2.05, 4.69) is 12.1 Å². The summed E-state index contributed by atoms with van der Waals surface area (Å²) in [5, 5.41) is 0. The maximum Gasteiger partial charge on any atom is 0.0300 e. The van der Waals surface area contributed by atoms with Gasteiger partial charge in [0.2, 0.25) is 0 Å². The lowest BCUT2D eigenvalue weighted by molar-refractivity contribution is 0.711. The van der Waals surface area contributed by atoms with Crippen LogP contribution >= 0.6 is 0 Å². The van der Waals surface area contributed by atoms with E-state index in [4.69, 9.17) is 5.73 Å². The lowest BCUT2D eigenvalue weighted by atomic mass is 9.85. The van der Waals surface area contributed by atoms with Gasteiger partial charge in [-0.25, -0.2) is 0 Å². The van der Waals surface area contributed by atoms with Crippen LogP contribution < -0.4 is 5.73 Å². The average Bonchev–Trinajstić information content (AvgIpc) is 2.37. The van der Waals surface area contributed by atoms with Crippen LogP contribution in [0.15, 0.2) is 12.1 Å². The van der Waals surface area contributed by atoms with Crippen molar-refractivity contribution >= 4 is 0 Å². The Kier molecular flexibility index (Phi) is 1.17. The lowest BCUT2D eigenvalue weighted by Crippen LogP contribution is -2.12. The van der Waals surface area contributed by atoms with Gasteiger partial charge < -0.3 is 5.73 Å². The Hall–Kier alpha value is -0.820. The number of hydrogen-bond acceptors (Lipinski definition) is 1. The first-order valence-electron chi connectivity index (χ1n) is 4.75. The smallest absolute Gasteiger partial charge is 0.0300 e. The summed E-state index contributed by atoms with van der Waals surface area (Å²) in [6.45, 7) is 0. The summed E-state index contributed by atoms with van der Waals surface area (Å²) in [4.78, 5) is 0. The average molecular weight is 159 g/mol. The summed E-state index contributed by atoms with van der Waals surface area (Å²) < 4.78 is 0. The molecule has 0 heterocycles. The minimum absolute atomic E-state index is 0.325. The molecule has 1 unspecified atom stereocenters. The Bertz CT molecular complexity index is 341. The first kappa shape index (κ1) is 6.67. The number of hydrogen-bond donors (Lipinski definition) is 1. The van der Waals surface area contributed by atoms with Crippen LogP contribution in [0.3, 0.4) is 0 Å². The highest BCUT2D eigenvalue weighted by atomic mass is 14.6. The van der Waals surface area contributed by atoms with Crippen LogP contribution in [0.1, 0.15) is 34.7 Å². The first-order chi connectivity index (χ1) is 5.84. The minimum atomic E-state index is 0.325. The highest BCUT2D eigenvalue weighted by Gasteiger charge is 2.23. The van der Waals surface area contributed by atoms with Crippen molar-refractivity contribution in [1.82, 2.24) is 0 Å². The molecule has 0 saturated heterocycles. The Morgan fingerprint density at radius 2 is 1.75 bits per heavy atom. The van der Waals surface area contributed by atoms with E-state index in [0.29, 0.717) is 6.04 Å². The summed E-state index contributed by atoms with van der Waals surface area (Å²) in [6, 6.07) is 5.04. The molecule has 0 aliphatic heterocycles. The topological polar surface area (TPSA) is 26.0 Å². The minimum Gasteiger partial charge on any atom is -0.324 e. The van der Waals surface area contributed by atoms with Crippen LogP contribution in [0.2, 0.25) is 0 Å². The lowest BCUT2D eigenvalue weighted by Gasteiger charge is -2.20. The van der Waals surface area contributed by atoms with Crippen LogP contribution in [-0.4, -0.2) is 0 Å². The number of aryl methyl sites for hydroxylation is 3. The molecule has 1 heteroatoms. The molecular weight excluding hydrogens is 146 g/mol. The molecule has 0 bridgehead atoms.